The molecule has 106 valence electrons. The van der Waals surface area contributed by atoms with E-state index >= 15 is 0 Å². The number of carboxylic acid groups (broad SMARTS) is 1. The molecule has 0 aliphatic rings. The van der Waals surface area contributed by atoms with Crippen molar-refractivity contribution in [3.05, 3.63) is 40.9 Å². The summed E-state index contributed by atoms with van der Waals surface area (Å²) in [6.07, 6.45) is 0. The Morgan fingerprint density at radius 3 is 2.60 bits per heavy atom. The Bertz CT molecular complexity index is 578. The molecule has 0 aliphatic heterocycles. The Balaban J connectivity index is 2.39. The van der Waals surface area contributed by atoms with E-state index in [1.165, 1.54) is 0 Å². The van der Waals surface area contributed by atoms with Gasteiger partial charge in [0.2, 0.25) is 0 Å². The van der Waals surface area contributed by atoms with Crippen LogP contribution in [-0.4, -0.2) is 34.0 Å². The van der Waals surface area contributed by atoms with Gasteiger partial charge >= 0.3 is 5.97 Å². The zero-order chi connectivity index (χ0) is 14.5. The second-order valence-electron chi connectivity index (χ2n) is 4.43. The minimum absolute atomic E-state index is 0.289. The van der Waals surface area contributed by atoms with Crippen LogP contribution in [0.5, 0.6) is 0 Å². The van der Waals surface area contributed by atoms with Crippen LogP contribution in [0.4, 0.5) is 0 Å². The van der Waals surface area contributed by atoms with Gasteiger partial charge in [0.15, 0.2) is 0 Å². The number of hydrogen-bond acceptors (Lipinski definition) is 4. The highest BCUT2D eigenvalue weighted by Gasteiger charge is 2.15. The third kappa shape index (κ3) is 3.23. The number of nitrogens with zero attached hydrogens (tertiary/aromatic N) is 2. The van der Waals surface area contributed by atoms with Crippen molar-refractivity contribution in [2.75, 3.05) is 13.1 Å². The van der Waals surface area contributed by atoms with E-state index in [-0.39, 0.29) is 5.56 Å². The molecule has 0 amide bonds. The summed E-state index contributed by atoms with van der Waals surface area (Å²) in [5.41, 5.74) is 1.76. The molecule has 20 heavy (non-hydrogen) atoms. The van der Waals surface area contributed by atoms with E-state index in [9.17, 15) is 9.90 Å². The Morgan fingerprint density at radius 2 is 2.05 bits per heavy atom. The molecule has 0 bridgehead atoms. The fourth-order valence-corrected chi connectivity index (χ4v) is 2.73. The van der Waals surface area contributed by atoms with E-state index in [0.717, 1.165) is 23.7 Å². The first-order chi connectivity index (χ1) is 9.65. The average Bonchev–Trinajstić information content (AvgIpc) is 2.98. The number of hydrogen-bond donors (Lipinski definition) is 1. The fraction of sp³-hybridized carbons (Fsp3) is 0.333. The summed E-state index contributed by atoms with van der Waals surface area (Å²) in [5.74, 6) is -0.919. The van der Waals surface area contributed by atoms with Gasteiger partial charge in [-0.3, -0.25) is 4.90 Å². The smallest absolute Gasteiger partial charge is 0.337 e. The summed E-state index contributed by atoms with van der Waals surface area (Å²) in [6, 6.07) is 7.40. The Morgan fingerprint density at radius 1 is 1.30 bits per heavy atom. The molecule has 0 saturated heterocycles. The quantitative estimate of drug-likeness (QED) is 0.886. The second-order valence-corrected chi connectivity index (χ2v) is 5.38. The van der Waals surface area contributed by atoms with Gasteiger partial charge in [-0.25, -0.2) is 9.78 Å². The van der Waals surface area contributed by atoms with Crippen molar-refractivity contribution in [2.24, 2.45) is 0 Å². The number of aromatic nitrogens is 1. The molecule has 4 nitrogen and oxygen atoms in total. The van der Waals surface area contributed by atoms with Gasteiger partial charge in [-0.05, 0) is 36.7 Å². The van der Waals surface area contributed by atoms with Crippen LogP contribution < -0.4 is 0 Å². The molecule has 2 aromatic rings. The lowest BCUT2D eigenvalue weighted by Crippen LogP contribution is -2.24. The SMILES string of the molecule is CCN(CC)Cc1nc(-c2cccs2)ccc1C(=O)O. The molecule has 0 spiro atoms. The molecule has 2 heterocycles. The van der Waals surface area contributed by atoms with Crippen LogP contribution in [0.2, 0.25) is 0 Å². The molecular weight excluding hydrogens is 272 g/mol. The Kier molecular flexibility index (Phi) is 4.87. The van der Waals surface area contributed by atoms with Gasteiger partial charge < -0.3 is 5.11 Å². The topological polar surface area (TPSA) is 53.4 Å². The number of rotatable bonds is 6. The van der Waals surface area contributed by atoms with E-state index in [0.29, 0.717) is 12.2 Å². The standard InChI is InChI=1S/C15H18N2O2S/c1-3-17(4-2)10-13-11(15(18)19)7-8-12(16-13)14-6-5-9-20-14/h5-9H,3-4,10H2,1-2H3,(H,18,19). The summed E-state index contributed by atoms with van der Waals surface area (Å²) >= 11 is 1.61. The number of aromatic carboxylic acids is 1. The Hall–Kier alpha value is -1.72. The number of pyridine rings is 1. The molecule has 0 atom stereocenters. The average molecular weight is 290 g/mol. The molecule has 0 aliphatic carbocycles. The zero-order valence-corrected chi connectivity index (χ0v) is 12.5. The highest BCUT2D eigenvalue weighted by Crippen LogP contribution is 2.24. The van der Waals surface area contributed by atoms with Crippen LogP contribution >= 0.6 is 11.3 Å². The predicted octanol–water partition coefficient (Wildman–Crippen LogP) is 3.35. The first-order valence-corrected chi connectivity index (χ1v) is 7.53. The minimum atomic E-state index is -0.919. The van der Waals surface area contributed by atoms with Crippen molar-refractivity contribution < 1.29 is 9.90 Å². The first kappa shape index (κ1) is 14.7. The lowest BCUT2D eigenvalue weighted by Gasteiger charge is -2.18. The molecule has 2 aromatic heterocycles. The van der Waals surface area contributed by atoms with Gasteiger partial charge in [-0.2, -0.15) is 0 Å². The summed E-state index contributed by atoms with van der Waals surface area (Å²) in [7, 11) is 0. The summed E-state index contributed by atoms with van der Waals surface area (Å²) in [4.78, 5) is 19.1. The van der Waals surface area contributed by atoms with Crippen molar-refractivity contribution in [3.63, 3.8) is 0 Å². The van der Waals surface area contributed by atoms with E-state index in [1.54, 1.807) is 23.5 Å². The molecule has 2 rings (SSSR count). The van der Waals surface area contributed by atoms with Crippen LogP contribution in [0.15, 0.2) is 29.6 Å². The molecule has 0 aromatic carbocycles. The summed E-state index contributed by atoms with van der Waals surface area (Å²) < 4.78 is 0. The molecule has 1 N–H and O–H groups in total. The van der Waals surface area contributed by atoms with Gasteiger partial charge in [-0.15, -0.1) is 11.3 Å². The maximum absolute atomic E-state index is 11.3. The first-order valence-electron chi connectivity index (χ1n) is 6.65. The van der Waals surface area contributed by atoms with E-state index in [4.69, 9.17) is 0 Å². The second kappa shape index (κ2) is 6.63. The minimum Gasteiger partial charge on any atom is -0.478 e. The number of carboxylic acids is 1. The normalized spacial score (nSPS) is 10.9. The van der Waals surface area contributed by atoms with Gasteiger partial charge in [0.05, 0.1) is 21.8 Å². The van der Waals surface area contributed by atoms with Gasteiger partial charge in [-0.1, -0.05) is 19.9 Å². The molecule has 0 radical (unpaired) electrons. The van der Waals surface area contributed by atoms with Crippen molar-refractivity contribution in [1.29, 1.82) is 0 Å². The lowest BCUT2D eigenvalue weighted by atomic mass is 10.1. The van der Waals surface area contributed by atoms with Crippen molar-refractivity contribution in [2.45, 2.75) is 20.4 Å². The van der Waals surface area contributed by atoms with Crippen LogP contribution in [0.3, 0.4) is 0 Å². The monoisotopic (exact) mass is 290 g/mol. The van der Waals surface area contributed by atoms with Crippen LogP contribution in [0, 0.1) is 0 Å². The molecule has 0 fully saturated rings. The molecule has 0 unspecified atom stereocenters. The molecule has 0 saturated carbocycles. The van der Waals surface area contributed by atoms with Crippen molar-refractivity contribution in [1.82, 2.24) is 9.88 Å². The molecule has 5 heteroatoms. The Labute approximate surface area is 122 Å². The predicted molar refractivity (Wildman–Crippen MR) is 81.1 cm³/mol. The third-order valence-corrected chi connectivity index (χ3v) is 4.14. The van der Waals surface area contributed by atoms with Gasteiger partial charge in [0.1, 0.15) is 0 Å². The maximum Gasteiger partial charge on any atom is 0.337 e. The van der Waals surface area contributed by atoms with Crippen LogP contribution in [0.25, 0.3) is 10.6 Å². The fourth-order valence-electron chi connectivity index (χ4n) is 2.04. The third-order valence-electron chi connectivity index (χ3n) is 3.25. The number of carbonyl (C=O) groups is 1. The zero-order valence-electron chi connectivity index (χ0n) is 11.7. The summed E-state index contributed by atoms with van der Waals surface area (Å²) in [6.45, 7) is 6.44. The highest BCUT2D eigenvalue weighted by atomic mass is 32.1. The van der Waals surface area contributed by atoms with Crippen LogP contribution in [-0.2, 0) is 6.54 Å². The van der Waals surface area contributed by atoms with Crippen LogP contribution in [0.1, 0.15) is 29.9 Å². The van der Waals surface area contributed by atoms with Crippen molar-refractivity contribution >= 4 is 17.3 Å². The van der Waals surface area contributed by atoms with Gasteiger partial charge in [0.25, 0.3) is 0 Å². The van der Waals surface area contributed by atoms with E-state index in [2.05, 4.69) is 23.7 Å². The maximum atomic E-state index is 11.3. The number of thiophene rings is 1. The van der Waals surface area contributed by atoms with E-state index < -0.39 is 5.97 Å². The van der Waals surface area contributed by atoms with Gasteiger partial charge in [0, 0.05) is 6.54 Å². The molecular formula is C15H18N2O2S. The highest BCUT2D eigenvalue weighted by molar-refractivity contribution is 7.13. The lowest BCUT2D eigenvalue weighted by molar-refractivity contribution is 0.0694. The largest absolute Gasteiger partial charge is 0.478 e. The summed E-state index contributed by atoms with van der Waals surface area (Å²) in [5, 5.41) is 11.3. The van der Waals surface area contributed by atoms with Crippen molar-refractivity contribution in [3.8, 4) is 10.6 Å². The van der Waals surface area contributed by atoms with E-state index in [1.807, 2.05) is 17.5 Å².